The van der Waals surface area contributed by atoms with Crippen LogP contribution >= 0.6 is 15.9 Å². The number of alkyl halides is 1. The van der Waals surface area contributed by atoms with E-state index in [0.717, 1.165) is 0 Å². The fourth-order valence-electron chi connectivity index (χ4n) is 0. The summed E-state index contributed by atoms with van der Waals surface area (Å²) in [5.41, 5.74) is 0. The Labute approximate surface area is 52.3 Å². The molecule has 0 aliphatic heterocycles. The third-order valence-electron chi connectivity index (χ3n) is 0.401. The number of hydrogen-bond acceptors (Lipinski definition) is 0. The van der Waals surface area contributed by atoms with Crippen molar-refractivity contribution >= 4 is 34.3 Å². The van der Waals surface area contributed by atoms with E-state index in [9.17, 15) is 0 Å². The van der Waals surface area contributed by atoms with Crippen LogP contribution in [-0.2, 0) is 0 Å². The van der Waals surface area contributed by atoms with Crippen LogP contribution in [0.25, 0.3) is 0 Å². The molecule has 0 aliphatic carbocycles. The van der Waals surface area contributed by atoms with Crippen LogP contribution < -0.4 is 0 Å². The van der Waals surface area contributed by atoms with Gasteiger partial charge < -0.3 is 0 Å². The quantitative estimate of drug-likeness (QED) is 0.499. The second kappa shape index (κ2) is 2.55. The molecule has 0 aromatic rings. The Kier molecular flexibility index (Phi) is 3.10. The van der Waals surface area contributed by atoms with E-state index in [1.54, 1.807) is 0 Å². The van der Waals surface area contributed by atoms with Crippen LogP contribution in [0.1, 0.15) is 0 Å². The van der Waals surface area contributed by atoms with Gasteiger partial charge in [-0.25, -0.2) is 0 Å². The van der Waals surface area contributed by atoms with Crippen molar-refractivity contribution in [3.63, 3.8) is 0 Å². The minimum absolute atomic E-state index is 1.29. The van der Waals surface area contributed by atoms with Crippen LogP contribution in [0.2, 0.25) is 14.8 Å². The first-order chi connectivity index (χ1) is 2.56. The van der Waals surface area contributed by atoms with Crippen molar-refractivity contribution in [2.75, 3.05) is 3.35 Å². The molecular formula is C4H11BrSn. The Morgan fingerprint density at radius 2 is 1.50 bits per heavy atom. The fraction of sp³-hybridized carbons (Fsp3) is 1.00. The summed E-state index contributed by atoms with van der Waals surface area (Å²) in [6.45, 7) is 0. The van der Waals surface area contributed by atoms with E-state index >= 15 is 0 Å². The summed E-state index contributed by atoms with van der Waals surface area (Å²) in [4.78, 5) is 7.22. The molecule has 0 heterocycles. The van der Waals surface area contributed by atoms with Gasteiger partial charge in [0.1, 0.15) is 0 Å². The summed E-state index contributed by atoms with van der Waals surface area (Å²) >= 11 is 2.15. The first-order valence-electron chi connectivity index (χ1n) is 2.12. The van der Waals surface area contributed by atoms with Crippen molar-refractivity contribution in [3.05, 3.63) is 0 Å². The average molecular weight is 258 g/mol. The molecule has 6 heavy (non-hydrogen) atoms. The number of hydrogen-bond donors (Lipinski definition) is 0. The normalized spacial score (nSPS) is 12.0. The van der Waals surface area contributed by atoms with E-state index in [4.69, 9.17) is 0 Å². The minimum atomic E-state index is -1.32. The average Bonchev–Trinajstić information content (AvgIpc) is 1.35. The molecule has 0 radical (unpaired) electrons. The topological polar surface area (TPSA) is 0 Å². The molecule has 0 N–H and O–H groups in total. The van der Waals surface area contributed by atoms with Gasteiger partial charge in [-0.3, -0.25) is 0 Å². The molecule has 38 valence electrons. The van der Waals surface area contributed by atoms with E-state index in [2.05, 4.69) is 30.7 Å². The molecule has 0 atom stereocenters. The van der Waals surface area contributed by atoms with Gasteiger partial charge in [0.25, 0.3) is 0 Å². The second-order valence-electron chi connectivity index (χ2n) is 2.69. The van der Waals surface area contributed by atoms with Gasteiger partial charge in [-0.05, 0) is 0 Å². The van der Waals surface area contributed by atoms with Crippen LogP contribution in [0.3, 0.4) is 0 Å². The molecule has 0 aromatic carbocycles. The Bertz CT molecular complexity index is 37.3. The van der Waals surface area contributed by atoms with Gasteiger partial charge in [-0.2, -0.15) is 0 Å². The Morgan fingerprint density at radius 3 is 1.50 bits per heavy atom. The van der Waals surface area contributed by atoms with Crippen molar-refractivity contribution in [2.24, 2.45) is 0 Å². The van der Waals surface area contributed by atoms with Crippen molar-refractivity contribution in [2.45, 2.75) is 14.8 Å². The summed E-state index contributed by atoms with van der Waals surface area (Å²) in [6, 6.07) is 0. The van der Waals surface area contributed by atoms with Gasteiger partial charge >= 0.3 is 52.5 Å². The third kappa shape index (κ3) is 5.28. The van der Waals surface area contributed by atoms with E-state index < -0.39 is 18.4 Å². The predicted molar refractivity (Wildman–Crippen MR) is 37.1 cm³/mol. The SMILES string of the molecule is [CH3][Sn]([CH3])([CH3])[CH2]Br. The Hall–Kier alpha value is 1.28. The molecule has 0 aliphatic rings. The summed E-state index contributed by atoms with van der Waals surface area (Å²) < 4.78 is 1.29. The molecule has 0 amide bonds. The monoisotopic (exact) mass is 258 g/mol. The zero-order valence-electron chi connectivity index (χ0n) is 4.59. The molecule has 0 bridgehead atoms. The zero-order chi connectivity index (χ0) is 5.21. The molecule has 0 saturated carbocycles. The van der Waals surface area contributed by atoms with Gasteiger partial charge in [0, 0.05) is 0 Å². The van der Waals surface area contributed by atoms with Crippen LogP contribution in [0.5, 0.6) is 0 Å². The van der Waals surface area contributed by atoms with Crippen molar-refractivity contribution in [3.8, 4) is 0 Å². The first-order valence-corrected chi connectivity index (χ1v) is 13.8. The van der Waals surface area contributed by atoms with E-state index in [1.165, 1.54) is 3.35 Å². The van der Waals surface area contributed by atoms with Crippen molar-refractivity contribution < 1.29 is 0 Å². The van der Waals surface area contributed by atoms with Crippen molar-refractivity contribution in [1.82, 2.24) is 0 Å². The standard InChI is InChI=1S/CH2Br.3CH3.Sn/c1-2;;;;/h1H2;3*1H3;. The molecule has 0 fully saturated rings. The van der Waals surface area contributed by atoms with Crippen molar-refractivity contribution in [1.29, 1.82) is 0 Å². The van der Waals surface area contributed by atoms with E-state index in [1.807, 2.05) is 0 Å². The maximum absolute atomic E-state index is 3.46. The predicted octanol–water partition coefficient (Wildman–Crippen LogP) is 2.26. The van der Waals surface area contributed by atoms with Crippen LogP contribution in [0.15, 0.2) is 0 Å². The first kappa shape index (κ1) is 7.28. The van der Waals surface area contributed by atoms with Crippen LogP contribution in [0, 0.1) is 0 Å². The number of rotatable bonds is 1. The second-order valence-corrected chi connectivity index (χ2v) is 21.8. The van der Waals surface area contributed by atoms with Gasteiger partial charge in [0.15, 0.2) is 0 Å². The molecule has 0 spiro atoms. The molecular weight excluding hydrogens is 247 g/mol. The Balaban J connectivity index is 3.17. The van der Waals surface area contributed by atoms with Gasteiger partial charge in [0.2, 0.25) is 0 Å². The summed E-state index contributed by atoms with van der Waals surface area (Å²) in [6.07, 6.45) is 0. The molecule has 0 nitrogen and oxygen atoms in total. The van der Waals surface area contributed by atoms with E-state index in [0.29, 0.717) is 0 Å². The van der Waals surface area contributed by atoms with Gasteiger partial charge in [-0.15, -0.1) is 0 Å². The summed E-state index contributed by atoms with van der Waals surface area (Å²) in [5, 5.41) is 0. The molecule has 0 saturated heterocycles. The van der Waals surface area contributed by atoms with E-state index in [-0.39, 0.29) is 0 Å². The summed E-state index contributed by atoms with van der Waals surface area (Å²) in [7, 11) is 0. The maximum atomic E-state index is 3.46. The van der Waals surface area contributed by atoms with Crippen LogP contribution in [-0.4, -0.2) is 21.7 Å². The molecule has 0 rings (SSSR count). The zero-order valence-corrected chi connectivity index (χ0v) is 9.03. The molecule has 0 aromatic heterocycles. The third-order valence-corrected chi connectivity index (χ3v) is 14.0. The Morgan fingerprint density at radius 1 is 1.33 bits per heavy atom. The molecule has 0 unspecified atom stereocenters. The summed E-state index contributed by atoms with van der Waals surface area (Å²) in [5.74, 6) is 0. The van der Waals surface area contributed by atoms with Gasteiger partial charge in [-0.1, -0.05) is 0 Å². The fourth-order valence-corrected chi connectivity index (χ4v) is 0. The van der Waals surface area contributed by atoms with Gasteiger partial charge in [0.05, 0.1) is 0 Å². The number of halogens is 1. The molecule has 2 heteroatoms. The van der Waals surface area contributed by atoms with Crippen LogP contribution in [0.4, 0.5) is 0 Å².